The lowest BCUT2D eigenvalue weighted by Gasteiger charge is -2.29. The van der Waals surface area contributed by atoms with Gasteiger partial charge in [-0.1, -0.05) is 6.07 Å². The first kappa shape index (κ1) is 16.6. The molecule has 5 rings (SSSR count). The van der Waals surface area contributed by atoms with Crippen molar-refractivity contribution in [3.63, 3.8) is 0 Å². The standard InChI is InChI=1S/C20H19N7O/c21-18-17(16-5-1-2-6-22-16)20-24-12-14(13-27(20)25-18)15-4-3-7-23-19(15)26-8-10-28-11-9-26/h1-7,12-13H,8-11H2,(H2,21,25). The van der Waals surface area contributed by atoms with Gasteiger partial charge in [-0.05, 0) is 24.3 Å². The van der Waals surface area contributed by atoms with Crippen LogP contribution < -0.4 is 10.6 Å². The van der Waals surface area contributed by atoms with Gasteiger partial charge >= 0.3 is 0 Å². The Hall–Kier alpha value is -3.52. The molecule has 0 bridgehead atoms. The molecule has 8 nitrogen and oxygen atoms in total. The molecule has 0 saturated carbocycles. The van der Waals surface area contributed by atoms with E-state index in [0.717, 1.165) is 41.3 Å². The topological polar surface area (TPSA) is 94.5 Å². The highest BCUT2D eigenvalue weighted by atomic mass is 16.5. The summed E-state index contributed by atoms with van der Waals surface area (Å²) < 4.78 is 7.18. The van der Waals surface area contributed by atoms with Crippen LogP contribution in [0.25, 0.3) is 28.0 Å². The molecule has 0 aliphatic carbocycles. The van der Waals surface area contributed by atoms with Gasteiger partial charge in [-0.2, -0.15) is 0 Å². The summed E-state index contributed by atoms with van der Waals surface area (Å²) in [6, 6.07) is 9.67. The number of morpholine rings is 1. The molecule has 0 amide bonds. The lowest BCUT2D eigenvalue weighted by Crippen LogP contribution is -2.37. The molecule has 1 aliphatic rings. The predicted molar refractivity (Wildman–Crippen MR) is 107 cm³/mol. The molecule has 2 N–H and O–H groups in total. The van der Waals surface area contributed by atoms with Gasteiger partial charge in [-0.25, -0.2) is 14.5 Å². The van der Waals surface area contributed by atoms with Crippen LogP contribution in [0.3, 0.4) is 0 Å². The summed E-state index contributed by atoms with van der Waals surface area (Å²) in [6.45, 7) is 3.04. The van der Waals surface area contributed by atoms with Crippen LogP contribution >= 0.6 is 0 Å². The number of ether oxygens (including phenoxy) is 1. The maximum atomic E-state index is 6.17. The normalized spacial score (nSPS) is 14.5. The summed E-state index contributed by atoms with van der Waals surface area (Å²) in [4.78, 5) is 15.9. The minimum absolute atomic E-state index is 0.405. The number of fused-ring (bicyclic) bond motifs is 1. The third-order valence-electron chi connectivity index (χ3n) is 4.83. The Morgan fingerprint density at radius 3 is 2.64 bits per heavy atom. The number of nitrogens with two attached hydrogens (primary N) is 1. The van der Waals surface area contributed by atoms with Crippen molar-refractivity contribution in [2.24, 2.45) is 0 Å². The summed E-state index contributed by atoms with van der Waals surface area (Å²) in [5, 5.41) is 4.46. The molecule has 0 unspecified atom stereocenters. The molecule has 0 spiro atoms. The van der Waals surface area contributed by atoms with Gasteiger partial charge in [0, 0.05) is 49.0 Å². The van der Waals surface area contributed by atoms with E-state index in [9.17, 15) is 0 Å². The largest absolute Gasteiger partial charge is 0.382 e. The van der Waals surface area contributed by atoms with Crippen LogP contribution in [0.4, 0.5) is 11.6 Å². The Morgan fingerprint density at radius 1 is 0.964 bits per heavy atom. The first-order chi connectivity index (χ1) is 13.8. The Kier molecular flexibility index (Phi) is 4.10. The molecule has 0 atom stereocenters. The van der Waals surface area contributed by atoms with Crippen LogP contribution in [0.2, 0.25) is 0 Å². The molecule has 140 valence electrons. The van der Waals surface area contributed by atoms with Gasteiger partial charge in [0.25, 0.3) is 0 Å². The fraction of sp³-hybridized carbons (Fsp3) is 0.200. The zero-order chi connectivity index (χ0) is 18.9. The van der Waals surface area contributed by atoms with Gasteiger partial charge < -0.3 is 15.4 Å². The lowest BCUT2D eigenvalue weighted by atomic mass is 10.1. The third kappa shape index (κ3) is 2.84. The third-order valence-corrected chi connectivity index (χ3v) is 4.83. The first-order valence-electron chi connectivity index (χ1n) is 9.14. The van der Waals surface area contributed by atoms with Crippen molar-refractivity contribution in [1.29, 1.82) is 0 Å². The van der Waals surface area contributed by atoms with Crippen molar-refractivity contribution in [2.45, 2.75) is 0 Å². The average molecular weight is 373 g/mol. The highest BCUT2D eigenvalue weighted by molar-refractivity contribution is 5.85. The molecular weight excluding hydrogens is 354 g/mol. The summed E-state index contributed by atoms with van der Waals surface area (Å²) in [5.41, 5.74) is 10.3. The van der Waals surface area contributed by atoms with E-state index in [-0.39, 0.29) is 0 Å². The van der Waals surface area contributed by atoms with Crippen molar-refractivity contribution in [2.75, 3.05) is 36.9 Å². The molecule has 28 heavy (non-hydrogen) atoms. The monoisotopic (exact) mass is 373 g/mol. The predicted octanol–water partition coefficient (Wildman–Crippen LogP) is 2.27. The molecule has 4 aromatic heterocycles. The van der Waals surface area contributed by atoms with E-state index < -0.39 is 0 Å². The summed E-state index contributed by atoms with van der Waals surface area (Å²) >= 11 is 0. The van der Waals surface area contributed by atoms with E-state index in [0.29, 0.717) is 24.7 Å². The number of rotatable bonds is 3. The van der Waals surface area contributed by atoms with Gasteiger partial charge in [0.1, 0.15) is 5.82 Å². The molecular formula is C20H19N7O. The van der Waals surface area contributed by atoms with Gasteiger partial charge in [0.15, 0.2) is 11.5 Å². The number of aromatic nitrogens is 5. The zero-order valence-corrected chi connectivity index (χ0v) is 15.2. The van der Waals surface area contributed by atoms with Gasteiger partial charge in [0.2, 0.25) is 0 Å². The van der Waals surface area contributed by atoms with Gasteiger partial charge in [0.05, 0.1) is 24.5 Å². The molecule has 0 aromatic carbocycles. The SMILES string of the molecule is Nc1nn2cc(-c3cccnc3N3CCOCC3)cnc2c1-c1ccccn1. The van der Waals surface area contributed by atoms with E-state index in [1.165, 1.54) is 0 Å². The molecule has 4 aromatic rings. The molecule has 1 aliphatic heterocycles. The van der Waals surface area contributed by atoms with Crippen molar-refractivity contribution in [1.82, 2.24) is 24.6 Å². The van der Waals surface area contributed by atoms with Crippen molar-refractivity contribution in [3.05, 3.63) is 55.1 Å². The summed E-state index contributed by atoms with van der Waals surface area (Å²) in [7, 11) is 0. The van der Waals surface area contributed by atoms with Crippen molar-refractivity contribution < 1.29 is 4.74 Å². The molecule has 8 heteroatoms. The number of hydrogen-bond acceptors (Lipinski definition) is 7. The van der Waals surface area contributed by atoms with E-state index in [2.05, 4.69) is 25.0 Å². The smallest absolute Gasteiger partial charge is 0.166 e. The highest BCUT2D eigenvalue weighted by Crippen LogP contribution is 2.32. The minimum atomic E-state index is 0.405. The summed E-state index contributed by atoms with van der Waals surface area (Å²) in [6.07, 6.45) is 7.32. The minimum Gasteiger partial charge on any atom is -0.382 e. The second kappa shape index (κ2) is 6.90. The fourth-order valence-corrected chi connectivity index (χ4v) is 3.50. The number of hydrogen-bond donors (Lipinski definition) is 1. The van der Waals surface area contributed by atoms with Crippen LogP contribution in [0.1, 0.15) is 0 Å². The van der Waals surface area contributed by atoms with Crippen LogP contribution in [0, 0.1) is 0 Å². The number of pyridine rings is 2. The second-order valence-electron chi connectivity index (χ2n) is 6.56. The molecule has 0 radical (unpaired) electrons. The zero-order valence-electron chi connectivity index (χ0n) is 15.2. The summed E-state index contributed by atoms with van der Waals surface area (Å²) in [5.74, 6) is 1.33. The Bertz CT molecular complexity index is 1120. The van der Waals surface area contributed by atoms with Crippen molar-refractivity contribution in [3.8, 4) is 22.4 Å². The molecule has 1 fully saturated rings. The Balaban J connectivity index is 1.61. The van der Waals surface area contributed by atoms with E-state index in [4.69, 9.17) is 10.5 Å². The maximum absolute atomic E-state index is 6.17. The average Bonchev–Trinajstić information content (AvgIpc) is 3.10. The van der Waals surface area contributed by atoms with Gasteiger partial charge in [-0.15, -0.1) is 5.10 Å². The first-order valence-corrected chi connectivity index (χ1v) is 9.14. The Labute approximate surface area is 161 Å². The van der Waals surface area contributed by atoms with Crippen LogP contribution in [-0.2, 0) is 4.74 Å². The van der Waals surface area contributed by atoms with E-state index >= 15 is 0 Å². The van der Waals surface area contributed by atoms with E-state index in [1.54, 1.807) is 10.7 Å². The number of nitrogens with zero attached hydrogens (tertiary/aromatic N) is 6. The van der Waals surface area contributed by atoms with Crippen molar-refractivity contribution >= 4 is 17.3 Å². The van der Waals surface area contributed by atoms with E-state index in [1.807, 2.05) is 48.9 Å². The second-order valence-corrected chi connectivity index (χ2v) is 6.56. The molecule has 1 saturated heterocycles. The van der Waals surface area contributed by atoms with Gasteiger partial charge in [-0.3, -0.25) is 4.98 Å². The maximum Gasteiger partial charge on any atom is 0.166 e. The number of anilines is 2. The highest BCUT2D eigenvalue weighted by Gasteiger charge is 2.19. The quantitative estimate of drug-likeness (QED) is 0.589. The fourth-order valence-electron chi connectivity index (χ4n) is 3.50. The number of nitrogen functional groups attached to an aromatic ring is 1. The van der Waals surface area contributed by atoms with Crippen LogP contribution in [0.5, 0.6) is 0 Å². The Morgan fingerprint density at radius 2 is 1.82 bits per heavy atom. The van der Waals surface area contributed by atoms with Crippen LogP contribution in [-0.4, -0.2) is 50.9 Å². The van der Waals surface area contributed by atoms with Crippen LogP contribution in [0.15, 0.2) is 55.1 Å². The molecule has 5 heterocycles. The lowest BCUT2D eigenvalue weighted by molar-refractivity contribution is 0.122.